The van der Waals surface area contributed by atoms with Crippen molar-refractivity contribution in [2.24, 2.45) is 0 Å². The van der Waals surface area contributed by atoms with Gasteiger partial charge in [-0.05, 0) is 23.8 Å². The number of aromatic nitrogens is 2. The third kappa shape index (κ3) is 3.94. The summed E-state index contributed by atoms with van der Waals surface area (Å²) in [5, 5.41) is 17.1. The van der Waals surface area contributed by atoms with Gasteiger partial charge < -0.3 is 15.2 Å². The summed E-state index contributed by atoms with van der Waals surface area (Å²) >= 11 is 0. The van der Waals surface area contributed by atoms with E-state index < -0.39 is 0 Å². The van der Waals surface area contributed by atoms with Gasteiger partial charge in [-0.25, -0.2) is 0 Å². The molecule has 3 aromatic rings. The highest BCUT2D eigenvalue weighted by Gasteiger charge is 2.04. The lowest BCUT2D eigenvalue weighted by Crippen LogP contribution is -2.01. The van der Waals surface area contributed by atoms with Gasteiger partial charge in [0.25, 0.3) is 0 Å². The first kappa shape index (κ1) is 16.1. The fourth-order valence-corrected chi connectivity index (χ4v) is 2.57. The summed E-state index contributed by atoms with van der Waals surface area (Å²) in [7, 11) is 1.60. The molecule has 0 saturated heterocycles. The molecule has 0 atom stereocenters. The van der Waals surface area contributed by atoms with Gasteiger partial charge in [0.1, 0.15) is 5.75 Å². The van der Waals surface area contributed by atoms with Crippen LogP contribution in [-0.4, -0.2) is 22.0 Å². The summed E-state index contributed by atoms with van der Waals surface area (Å²) in [6.45, 7) is 1.39. The molecule has 0 aliphatic carbocycles. The van der Waals surface area contributed by atoms with E-state index in [0.29, 0.717) is 12.3 Å². The first-order valence-corrected chi connectivity index (χ1v) is 7.85. The maximum Gasteiger partial charge on any atom is 0.124 e. The second-order valence-electron chi connectivity index (χ2n) is 5.57. The normalized spacial score (nSPS) is 10.6. The molecule has 0 amide bonds. The molecule has 1 heterocycles. The van der Waals surface area contributed by atoms with Crippen molar-refractivity contribution in [2.45, 2.75) is 19.7 Å². The number of rotatable bonds is 7. The summed E-state index contributed by atoms with van der Waals surface area (Å²) in [5.41, 5.74) is 4.04. The molecular formula is C19H21N3O2. The van der Waals surface area contributed by atoms with Gasteiger partial charge >= 0.3 is 0 Å². The van der Waals surface area contributed by atoms with Crippen LogP contribution in [0.4, 0.5) is 5.69 Å². The van der Waals surface area contributed by atoms with Crippen molar-refractivity contribution in [3.05, 3.63) is 77.6 Å². The fourth-order valence-electron chi connectivity index (χ4n) is 2.57. The van der Waals surface area contributed by atoms with E-state index in [2.05, 4.69) is 22.5 Å². The SMILES string of the molecule is COc1ccc(NCc2cnn(Cc3ccccc3)c2)cc1CO. The van der Waals surface area contributed by atoms with Crippen molar-refractivity contribution in [3.63, 3.8) is 0 Å². The van der Waals surface area contributed by atoms with Gasteiger partial charge in [0.05, 0.1) is 26.5 Å². The molecule has 2 aromatic carbocycles. The highest BCUT2D eigenvalue weighted by molar-refractivity contribution is 5.51. The Bertz CT molecular complexity index is 784. The number of benzene rings is 2. The Morgan fingerprint density at radius 1 is 1.12 bits per heavy atom. The Balaban J connectivity index is 1.61. The number of hydrogen-bond donors (Lipinski definition) is 2. The van der Waals surface area contributed by atoms with Gasteiger partial charge in [-0.1, -0.05) is 30.3 Å². The van der Waals surface area contributed by atoms with Gasteiger partial charge in [-0.15, -0.1) is 0 Å². The number of ether oxygens (including phenoxy) is 1. The van der Waals surface area contributed by atoms with Crippen LogP contribution in [0.2, 0.25) is 0 Å². The van der Waals surface area contributed by atoms with E-state index in [0.717, 1.165) is 23.4 Å². The Kier molecular flexibility index (Phi) is 5.13. The maximum absolute atomic E-state index is 9.38. The lowest BCUT2D eigenvalue weighted by atomic mass is 10.2. The predicted molar refractivity (Wildman–Crippen MR) is 94.0 cm³/mol. The third-order valence-electron chi connectivity index (χ3n) is 3.82. The summed E-state index contributed by atoms with van der Waals surface area (Å²) in [6, 6.07) is 15.9. The van der Waals surface area contributed by atoms with Crippen LogP contribution in [-0.2, 0) is 19.7 Å². The van der Waals surface area contributed by atoms with Crippen molar-refractivity contribution in [1.82, 2.24) is 9.78 Å². The molecule has 3 rings (SSSR count). The fraction of sp³-hybridized carbons (Fsp3) is 0.211. The first-order chi connectivity index (χ1) is 11.8. The van der Waals surface area contributed by atoms with E-state index in [1.54, 1.807) is 7.11 Å². The minimum atomic E-state index is -0.0479. The minimum Gasteiger partial charge on any atom is -0.496 e. The second-order valence-corrected chi connectivity index (χ2v) is 5.57. The van der Waals surface area contributed by atoms with Crippen molar-refractivity contribution < 1.29 is 9.84 Å². The highest BCUT2D eigenvalue weighted by Crippen LogP contribution is 2.22. The molecule has 0 spiro atoms. The van der Waals surface area contributed by atoms with Crippen LogP contribution in [0.5, 0.6) is 5.75 Å². The molecule has 2 N–H and O–H groups in total. The number of methoxy groups -OCH3 is 1. The van der Waals surface area contributed by atoms with E-state index in [4.69, 9.17) is 4.74 Å². The van der Waals surface area contributed by atoms with E-state index in [1.165, 1.54) is 5.56 Å². The third-order valence-corrected chi connectivity index (χ3v) is 3.82. The number of anilines is 1. The first-order valence-electron chi connectivity index (χ1n) is 7.85. The molecule has 0 saturated carbocycles. The molecule has 124 valence electrons. The van der Waals surface area contributed by atoms with Gasteiger partial charge in [-0.2, -0.15) is 5.10 Å². The minimum absolute atomic E-state index is 0.0479. The number of nitrogens with one attached hydrogen (secondary N) is 1. The number of aliphatic hydroxyl groups excluding tert-OH is 1. The Morgan fingerprint density at radius 3 is 2.71 bits per heavy atom. The van der Waals surface area contributed by atoms with Crippen molar-refractivity contribution in [3.8, 4) is 5.75 Å². The topological polar surface area (TPSA) is 59.3 Å². The lowest BCUT2D eigenvalue weighted by molar-refractivity contribution is 0.274. The van der Waals surface area contributed by atoms with E-state index >= 15 is 0 Å². The molecule has 0 bridgehead atoms. The maximum atomic E-state index is 9.38. The summed E-state index contributed by atoms with van der Waals surface area (Å²) < 4.78 is 7.14. The molecule has 1 aromatic heterocycles. The van der Waals surface area contributed by atoms with Crippen LogP contribution < -0.4 is 10.1 Å². The van der Waals surface area contributed by atoms with E-state index in [-0.39, 0.29) is 6.61 Å². The van der Waals surface area contributed by atoms with E-state index in [9.17, 15) is 5.11 Å². The van der Waals surface area contributed by atoms with Gasteiger partial charge in [-0.3, -0.25) is 4.68 Å². The predicted octanol–water partition coefficient (Wildman–Crippen LogP) is 3.04. The number of aliphatic hydroxyl groups is 1. The molecule has 0 aliphatic heterocycles. The van der Waals surface area contributed by atoms with Crippen LogP contribution in [0.1, 0.15) is 16.7 Å². The van der Waals surface area contributed by atoms with Crippen LogP contribution in [0, 0.1) is 0 Å². The quantitative estimate of drug-likeness (QED) is 0.701. The molecular weight excluding hydrogens is 302 g/mol. The average Bonchev–Trinajstić information content (AvgIpc) is 3.08. The highest BCUT2D eigenvalue weighted by atomic mass is 16.5. The number of nitrogens with zero attached hydrogens (tertiary/aromatic N) is 2. The summed E-state index contributed by atoms with van der Waals surface area (Å²) in [5.74, 6) is 0.693. The van der Waals surface area contributed by atoms with Gasteiger partial charge in [0, 0.05) is 29.6 Å². The van der Waals surface area contributed by atoms with Crippen LogP contribution >= 0.6 is 0 Å². The zero-order valence-corrected chi connectivity index (χ0v) is 13.6. The van der Waals surface area contributed by atoms with Crippen LogP contribution in [0.15, 0.2) is 60.9 Å². The zero-order chi connectivity index (χ0) is 16.8. The number of hydrogen-bond acceptors (Lipinski definition) is 4. The van der Waals surface area contributed by atoms with Crippen molar-refractivity contribution >= 4 is 5.69 Å². The van der Waals surface area contributed by atoms with Crippen molar-refractivity contribution in [2.75, 3.05) is 12.4 Å². The molecule has 0 aliphatic rings. The molecule has 5 nitrogen and oxygen atoms in total. The molecule has 0 radical (unpaired) electrons. The van der Waals surface area contributed by atoms with Gasteiger partial charge in [0.15, 0.2) is 0 Å². The van der Waals surface area contributed by atoms with Gasteiger partial charge in [0.2, 0.25) is 0 Å². The van der Waals surface area contributed by atoms with Crippen molar-refractivity contribution in [1.29, 1.82) is 0 Å². The molecule has 24 heavy (non-hydrogen) atoms. The summed E-state index contributed by atoms with van der Waals surface area (Å²) in [6.07, 6.45) is 3.91. The monoisotopic (exact) mass is 323 g/mol. The van der Waals surface area contributed by atoms with Crippen LogP contribution in [0.3, 0.4) is 0 Å². The largest absolute Gasteiger partial charge is 0.496 e. The van der Waals surface area contributed by atoms with E-state index in [1.807, 2.05) is 53.5 Å². The van der Waals surface area contributed by atoms with Crippen LogP contribution in [0.25, 0.3) is 0 Å². The second kappa shape index (κ2) is 7.66. The standard InChI is InChI=1S/C19H21N3O2/c1-24-19-8-7-18(9-17(19)14-23)20-10-16-11-21-22(13-16)12-15-5-3-2-4-6-15/h2-9,11,13,20,23H,10,12,14H2,1H3. The lowest BCUT2D eigenvalue weighted by Gasteiger charge is -2.10. The molecule has 0 fully saturated rings. The molecule has 0 unspecified atom stereocenters. The molecule has 5 heteroatoms. The zero-order valence-electron chi connectivity index (χ0n) is 13.6. The Morgan fingerprint density at radius 2 is 1.96 bits per heavy atom. The Labute approximate surface area is 141 Å². The Hall–Kier alpha value is -2.79. The summed E-state index contributed by atoms with van der Waals surface area (Å²) in [4.78, 5) is 0. The average molecular weight is 323 g/mol. The smallest absolute Gasteiger partial charge is 0.124 e.